The lowest BCUT2D eigenvalue weighted by atomic mass is 9.96. The van der Waals surface area contributed by atoms with Crippen LogP contribution in [0, 0.1) is 11.8 Å². The van der Waals surface area contributed by atoms with Crippen molar-refractivity contribution in [3.63, 3.8) is 0 Å². The summed E-state index contributed by atoms with van der Waals surface area (Å²) >= 11 is 12.9. The summed E-state index contributed by atoms with van der Waals surface area (Å²) in [6, 6.07) is 8.82. The van der Waals surface area contributed by atoms with Crippen molar-refractivity contribution in [3.05, 3.63) is 57.1 Å². The van der Waals surface area contributed by atoms with Crippen LogP contribution in [0.3, 0.4) is 0 Å². The van der Waals surface area contributed by atoms with Crippen molar-refractivity contribution < 1.29 is 14.6 Å². The Morgan fingerprint density at radius 3 is 2.45 bits per heavy atom. The number of phenolic OH excluding ortho intramolecular Hbond substituents is 1. The number of benzene rings is 2. The number of likely N-dealkylation sites (N-methyl/N-ethyl adjacent to an activating group) is 1. The van der Waals surface area contributed by atoms with Gasteiger partial charge in [0.15, 0.2) is 6.61 Å². The second kappa shape index (κ2) is 10.4. The highest BCUT2D eigenvalue weighted by Crippen LogP contribution is 2.34. The summed E-state index contributed by atoms with van der Waals surface area (Å²) in [6.45, 7) is 6.01. The van der Waals surface area contributed by atoms with Crippen LogP contribution >= 0.6 is 23.2 Å². The molecule has 0 aromatic heterocycles. The number of rotatable bonds is 7. The zero-order valence-corrected chi connectivity index (χ0v) is 18.6. The van der Waals surface area contributed by atoms with Crippen LogP contribution in [0.4, 0.5) is 0 Å². The van der Waals surface area contributed by atoms with E-state index in [1.54, 1.807) is 32.2 Å². The summed E-state index contributed by atoms with van der Waals surface area (Å²) in [5.74, 6) is 6.31. The van der Waals surface area contributed by atoms with Crippen molar-refractivity contribution in [3.8, 4) is 23.3 Å². The monoisotopic (exact) mass is 433 g/mol. The highest BCUT2D eigenvalue weighted by Gasteiger charge is 2.14. The van der Waals surface area contributed by atoms with E-state index in [9.17, 15) is 9.90 Å². The van der Waals surface area contributed by atoms with E-state index in [1.165, 1.54) is 4.90 Å². The number of aromatic hydroxyl groups is 1. The van der Waals surface area contributed by atoms with Gasteiger partial charge in [0.2, 0.25) is 0 Å². The van der Waals surface area contributed by atoms with Gasteiger partial charge in [0.25, 0.3) is 5.91 Å². The lowest BCUT2D eigenvalue weighted by Crippen LogP contribution is -2.31. The van der Waals surface area contributed by atoms with Crippen LogP contribution in [0.5, 0.6) is 11.5 Å². The van der Waals surface area contributed by atoms with Crippen molar-refractivity contribution in [2.45, 2.75) is 33.1 Å². The third kappa shape index (κ3) is 6.32. The van der Waals surface area contributed by atoms with Crippen molar-refractivity contribution in [1.82, 2.24) is 4.90 Å². The molecule has 2 aromatic carbocycles. The van der Waals surface area contributed by atoms with Gasteiger partial charge in [0.1, 0.15) is 11.5 Å². The first-order chi connectivity index (χ1) is 13.7. The standard InChI is InChI=1S/C23H25Cl2NO3/c1-5-6-9-26(4)23(28)14-29-17-12-20(24)19(21(25)13-17)11-16-7-8-22(27)18(10-16)15(2)3/h7-8,10,12-13,15,27H,9,11,14H2,1-4H3. The van der Waals surface area contributed by atoms with Gasteiger partial charge in [-0.05, 0) is 47.7 Å². The van der Waals surface area contributed by atoms with Crippen LogP contribution in [0.1, 0.15) is 43.4 Å². The number of ether oxygens (including phenoxy) is 1. The van der Waals surface area contributed by atoms with E-state index in [1.807, 2.05) is 26.0 Å². The predicted molar refractivity (Wildman–Crippen MR) is 118 cm³/mol. The van der Waals surface area contributed by atoms with Gasteiger partial charge in [-0.25, -0.2) is 0 Å². The van der Waals surface area contributed by atoms with Gasteiger partial charge in [0, 0.05) is 23.5 Å². The van der Waals surface area contributed by atoms with E-state index >= 15 is 0 Å². The van der Waals surface area contributed by atoms with Gasteiger partial charge in [-0.2, -0.15) is 0 Å². The molecule has 29 heavy (non-hydrogen) atoms. The molecule has 0 fully saturated rings. The lowest BCUT2D eigenvalue weighted by molar-refractivity contribution is -0.131. The Labute approximate surface area is 182 Å². The van der Waals surface area contributed by atoms with Gasteiger partial charge in [-0.3, -0.25) is 4.79 Å². The maximum atomic E-state index is 12.1. The number of hydrogen-bond acceptors (Lipinski definition) is 3. The van der Waals surface area contributed by atoms with E-state index in [-0.39, 0.29) is 24.2 Å². The Hall–Kier alpha value is -2.35. The molecule has 2 aromatic rings. The minimum Gasteiger partial charge on any atom is -0.508 e. The number of carbonyl (C=O) groups excluding carboxylic acids is 1. The third-order valence-corrected chi connectivity index (χ3v) is 5.16. The topological polar surface area (TPSA) is 49.8 Å². The molecular weight excluding hydrogens is 409 g/mol. The van der Waals surface area contributed by atoms with Gasteiger partial charge in [0.05, 0.1) is 6.54 Å². The fourth-order valence-corrected chi connectivity index (χ4v) is 3.35. The second-order valence-corrected chi connectivity index (χ2v) is 7.87. The fourth-order valence-electron chi connectivity index (χ4n) is 2.75. The summed E-state index contributed by atoms with van der Waals surface area (Å²) in [4.78, 5) is 13.6. The Bertz CT molecular complexity index is 922. The second-order valence-electron chi connectivity index (χ2n) is 7.06. The molecular formula is C23H25Cl2NO3. The zero-order valence-electron chi connectivity index (χ0n) is 17.1. The smallest absolute Gasteiger partial charge is 0.261 e. The molecule has 6 heteroatoms. The maximum absolute atomic E-state index is 12.1. The Kier molecular flexibility index (Phi) is 8.25. The molecule has 1 N–H and O–H groups in total. The van der Waals surface area contributed by atoms with Crippen molar-refractivity contribution in [2.75, 3.05) is 20.2 Å². The maximum Gasteiger partial charge on any atom is 0.261 e. The molecule has 0 radical (unpaired) electrons. The Balaban J connectivity index is 2.12. The molecule has 1 amide bonds. The predicted octanol–water partition coefficient (Wildman–Crippen LogP) is 5.27. The molecule has 0 atom stereocenters. The zero-order chi connectivity index (χ0) is 21.6. The first-order valence-electron chi connectivity index (χ1n) is 9.29. The number of nitrogens with zero attached hydrogens (tertiary/aromatic N) is 1. The highest BCUT2D eigenvalue weighted by molar-refractivity contribution is 6.36. The van der Waals surface area contributed by atoms with Gasteiger partial charge >= 0.3 is 0 Å². The largest absolute Gasteiger partial charge is 0.508 e. The van der Waals surface area contributed by atoms with Crippen LogP contribution in [0.25, 0.3) is 0 Å². The lowest BCUT2D eigenvalue weighted by Gasteiger charge is -2.16. The molecule has 0 bridgehead atoms. The Morgan fingerprint density at radius 2 is 1.86 bits per heavy atom. The molecule has 0 aliphatic carbocycles. The Morgan fingerprint density at radius 1 is 1.21 bits per heavy atom. The average Bonchev–Trinajstić information content (AvgIpc) is 2.67. The van der Waals surface area contributed by atoms with Gasteiger partial charge < -0.3 is 14.7 Å². The van der Waals surface area contributed by atoms with E-state index in [4.69, 9.17) is 27.9 Å². The SMILES string of the molecule is CC#CCN(C)C(=O)COc1cc(Cl)c(Cc2ccc(O)c(C(C)C)c2)c(Cl)c1. The number of phenols is 1. The third-order valence-electron chi connectivity index (χ3n) is 4.49. The first-order valence-corrected chi connectivity index (χ1v) is 10.0. The number of halogens is 2. The van der Waals surface area contributed by atoms with Gasteiger partial charge in [-0.1, -0.05) is 55.1 Å². The van der Waals surface area contributed by atoms with Crippen molar-refractivity contribution >= 4 is 29.1 Å². The molecule has 0 heterocycles. The summed E-state index contributed by atoms with van der Waals surface area (Å²) < 4.78 is 5.56. The van der Waals surface area contributed by atoms with Crippen molar-refractivity contribution in [2.24, 2.45) is 0 Å². The van der Waals surface area contributed by atoms with Crippen LogP contribution in [0.15, 0.2) is 30.3 Å². The molecule has 0 saturated carbocycles. The van der Waals surface area contributed by atoms with Crippen LogP contribution < -0.4 is 4.74 Å². The van der Waals surface area contributed by atoms with E-state index < -0.39 is 0 Å². The van der Waals surface area contributed by atoms with E-state index in [0.29, 0.717) is 28.8 Å². The number of amides is 1. The van der Waals surface area contributed by atoms with Crippen LogP contribution in [-0.4, -0.2) is 36.1 Å². The average molecular weight is 434 g/mol. The quantitative estimate of drug-likeness (QED) is 0.604. The van der Waals surface area contributed by atoms with Crippen molar-refractivity contribution in [1.29, 1.82) is 0 Å². The minimum atomic E-state index is -0.186. The summed E-state index contributed by atoms with van der Waals surface area (Å²) in [5, 5.41) is 10.9. The van der Waals surface area contributed by atoms with Crippen LogP contribution in [-0.2, 0) is 11.2 Å². The summed E-state index contributed by atoms with van der Waals surface area (Å²) in [5.41, 5.74) is 2.64. The van der Waals surface area contributed by atoms with E-state index in [2.05, 4.69) is 11.8 Å². The van der Waals surface area contributed by atoms with Gasteiger partial charge in [-0.15, -0.1) is 5.92 Å². The molecule has 4 nitrogen and oxygen atoms in total. The normalized spacial score (nSPS) is 10.4. The minimum absolute atomic E-state index is 0.121. The molecule has 154 valence electrons. The van der Waals surface area contributed by atoms with Crippen LogP contribution in [0.2, 0.25) is 10.0 Å². The van der Waals surface area contributed by atoms with E-state index in [0.717, 1.165) is 16.7 Å². The number of carbonyl (C=O) groups is 1. The fraction of sp³-hybridized carbons (Fsp3) is 0.348. The number of hydrogen-bond donors (Lipinski definition) is 1. The summed E-state index contributed by atoms with van der Waals surface area (Å²) in [7, 11) is 1.67. The molecule has 2 rings (SSSR count). The molecule has 0 aliphatic rings. The summed E-state index contributed by atoms with van der Waals surface area (Å²) in [6.07, 6.45) is 0.523. The molecule has 0 aliphatic heterocycles. The first kappa shape index (κ1) is 22.9. The highest BCUT2D eigenvalue weighted by atomic mass is 35.5. The molecule has 0 saturated heterocycles. The molecule has 0 unspecified atom stereocenters. The molecule has 0 spiro atoms.